The number of rotatable bonds is 39. The number of carbonyl (C=O) groups excluding carboxylic acids is 1. The Morgan fingerprint density at radius 3 is 1.57 bits per heavy atom. The Balaban J connectivity index is 2.21. The third kappa shape index (κ3) is 28.3. The highest BCUT2D eigenvalue weighted by Crippen LogP contribution is 2.23. The minimum Gasteiger partial charge on any atom is -0.457 e. The maximum absolute atomic E-state index is 12.8. The van der Waals surface area contributed by atoms with Gasteiger partial charge in [-0.3, -0.25) is 4.79 Å². The Labute approximate surface area is 331 Å². The molecule has 0 bridgehead atoms. The van der Waals surface area contributed by atoms with Crippen LogP contribution in [0.25, 0.3) is 0 Å². The van der Waals surface area contributed by atoms with Crippen LogP contribution in [0.1, 0.15) is 206 Å². The molecule has 0 aliphatic carbocycles. The normalized spacial score (nSPS) is 20.9. The second kappa shape index (κ2) is 37.5. The summed E-state index contributed by atoms with van der Waals surface area (Å²) in [5.41, 5.74) is 0. The van der Waals surface area contributed by atoms with Crippen LogP contribution in [0.3, 0.4) is 0 Å². The summed E-state index contributed by atoms with van der Waals surface area (Å²) in [6.45, 7) is 4.52. The number of esters is 1. The van der Waals surface area contributed by atoms with Gasteiger partial charge in [-0.15, -0.1) is 0 Å². The van der Waals surface area contributed by atoms with Crippen molar-refractivity contribution in [3.05, 3.63) is 12.2 Å². The van der Waals surface area contributed by atoms with E-state index in [0.29, 0.717) is 13.0 Å². The van der Waals surface area contributed by atoms with Gasteiger partial charge in [0, 0.05) is 13.0 Å². The monoisotopic (exact) mass is 771 g/mol. The molecule has 9 nitrogen and oxygen atoms in total. The first kappa shape index (κ1) is 50.9. The van der Waals surface area contributed by atoms with Crippen LogP contribution in [0.15, 0.2) is 12.2 Å². The van der Waals surface area contributed by atoms with Gasteiger partial charge in [0.05, 0.1) is 19.8 Å². The minimum absolute atomic E-state index is 0.111. The van der Waals surface area contributed by atoms with E-state index in [4.69, 9.17) is 18.9 Å². The number of aliphatic hydroxyl groups is 4. The number of unbranched alkanes of at least 4 members (excludes halogenated alkanes) is 26. The van der Waals surface area contributed by atoms with Crippen LogP contribution in [0.4, 0.5) is 0 Å². The number of ether oxygens (including phenoxy) is 4. The molecule has 1 rings (SSSR count). The third-order valence-corrected chi connectivity index (χ3v) is 10.7. The van der Waals surface area contributed by atoms with E-state index in [1.165, 1.54) is 148 Å². The molecule has 0 aromatic heterocycles. The van der Waals surface area contributed by atoms with Crippen LogP contribution in [0, 0.1) is 0 Å². The summed E-state index contributed by atoms with van der Waals surface area (Å²) in [4.78, 5) is 12.8. The van der Waals surface area contributed by atoms with Gasteiger partial charge < -0.3 is 39.4 Å². The summed E-state index contributed by atoms with van der Waals surface area (Å²) < 4.78 is 22.8. The maximum Gasteiger partial charge on any atom is 0.306 e. The zero-order chi connectivity index (χ0) is 39.3. The van der Waals surface area contributed by atoms with Crippen LogP contribution in [0.2, 0.25) is 0 Å². The van der Waals surface area contributed by atoms with Gasteiger partial charge in [0.15, 0.2) is 6.29 Å². The van der Waals surface area contributed by atoms with Gasteiger partial charge in [-0.25, -0.2) is 0 Å². The van der Waals surface area contributed by atoms with Crippen molar-refractivity contribution in [1.29, 1.82) is 0 Å². The number of hydrogen-bond donors (Lipinski definition) is 4. The van der Waals surface area contributed by atoms with Crippen molar-refractivity contribution in [3.63, 3.8) is 0 Å². The van der Waals surface area contributed by atoms with Gasteiger partial charge in [-0.2, -0.15) is 0 Å². The molecular formula is C45H86O9. The topological polar surface area (TPSA) is 135 Å². The predicted octanol–water partition coefficient (Wildman–Crippen LogP) is 10.0. The van der Waals surface area contributed by atoms with Gasteiger partial charge in [-0.1, -0.05) is 180 Å². The summed E-state index contributed by atoms with van der Waals surface area (Å²) in [7, 11) is 0. The second-order valence-corrected chi connectivity index (χ2v) is 15.9. The van der Waals surface area contributed by atoms with Crippen molar-refractivity contribution in [2.45, 2.75) is 243 Å². The van der Waals surface area contributed by atoms with Gasteiger partial charge in [0.2, 0.25) is 0 Å². The van der Waals surface area contributed by atoms with E-state index >= 15 is 0 Å². The molecule has 0 amide bonds. The molecule has 6 unspecified atom stereocenters. The molecule has 9 heteroatoms. The molecule has 0 aromatic rings. The number of hydrogen-bond acceptors (Lipinski definition) is 9. The van der Waals surface area contributed by atoms with Crippen LogP contribution in [0.5, 0.6) is 0 Å². The first-order valence-corrected chi connectivity index (χ1v) is 22.8. The summed E-state index contributed by atoms with van der Waals surface area (Å²) in [6, 6.07) is 0. The Morgan fingerprint density at radius 1 is 0.574 bits per heavy atom. The van der Waals surface area contributed by atoms with Gasteiger partial charge in [0.1, 0.15) is 30.5 Å². The van der Waals surface area contributed by atoms with Crippen molar-refractivity contribution in [2.75, 3.05) is 26.4 Å². The van der Waals surface area contributed by atoms with Crippen molar-refractivity contribution in [2.24, 2.45) is 0 Å². The molecule has 1 aliphatic heterocycles. The molecule has 0 radical (unpaired) electrons. The fourth-order valence-corrected chi connectivity index (χ4v) is 7.08. The quantitative estimate of drug-likeness (QED) is 0.0274. The summed E-state index contributed by atoms with van der Waals surface area (Å²) in [5, 5.41) is 40.1. The molecular weight excluding hydrogens is 684 g/mol. The van der Waals surface area contributed by atoms with Crippen LogP contribution < -0.4 is 0 Å². The van der Waals surface area contributed by atoms with E-state index in [-0.39, 0.29) is 19.2 Å². The van der Waals surface area contributed by atoms with E-state index < -0.39 is 43.4 Å². The Kier molecular flexibility index (Phi) is 35.4. The average Bonchev–Trinajstić information content (AvgIpc) is 3.17. The molecule has 1 heterocycles. The SMILES string of the molecule is CCC/C=C\CCCCCCCCOCC(COC1OC(CO)C(O)C(O)C1O)OC(=O)CCCCCCCCCCCCCCCCCCCCCC. The first-order valence-electron chi connectivity index (χ1n) is 22.8. The molecule has 1 fully saturated rings. The summed E-state index contributed by atoms with van der Waals surface area (Å²) >= 11 is 0. The zero-order valence-corrected chi connectivity index (χ0v) is 35.0. The molecule has 0 spiro atoms. The largest absolute Gasteiger partial charge is 0.457 e. The van der Waals surface area contributed by atoms with Crippen molar-refractivity contribution in [3.8, 4) is 0 Å². The zero-order valence-electron chi connectivity index (χ0n) is 35.0. The highest BCUT2D eigenvalue weighted by Gasteiger charge is 2.44. The van der Waals surface area contributed by atoms with Crippen molar-refractivity contribution in [1.82, 2.24) is 0 Å². The van der Waals surface area contributed by atoms with E-state index in [1.807, 2.05) is 0 Å². The van der Waals surface area contributed by atoms with E-state index in [2.05, 4.69) is 26.0 Å². The van der Waals surface area contributed by atoms with Crippen LogP contribution in [-0.2, 0) is 23.7 Å². The first-order chi connectivity index (χ1) is 26.4. The Morgan fingerprint density at radius 2 is 1.06 bits per heavy atom. The smallest absolute Gasteiger partial charge is 0.306 e. The Bertz CT molecular complexity index is 838. The van der Waals surface area contributed by atoms with Crippen LogP contribution >= 0.6 is 0 Å². The fraction of sp³-hybridized carbons (Fsp3) is 0.933. The highest BCUT2D eigenvalue weighted by atomic mass is 16.7. The van der Waals surface area contributed by atoms with E-state index in [9.17, 15) is 25.2 Å². The van der Waals surface area contributed by atoms with Gasteiger partial charge in [-0.05, 0) is 32.1 Å². The molecule has 1 saturated heterocycles. The van der Waals surface area contributed by atoms with Crippen molar-refractivity contribution >= 4 is 5.97 Å². The third-order valence-electron chi connectivity index (χ3n) is 10.7. The molecule has 320 valence electrons. The minimum atomic E-state index is -1.53. The number of aliphatic hydroxyl groups excluding tert-OH is 4. The molecule has 1 aliphatic rings. The lowest BCUT2D eigenvalue weighted by Crippen LogP contribution is -2.59. The van der Waals surface area contributed by atoms with Gasteiger partial charge >= 0.3 is 5.97 Å². The fourth-order valence-electron chi connectivity index (χ4n) is 7.08. The highest BCUT2D eigenvalue weighted by molar-refractivity contribution is 5.69. The maximum atomic E-state index is 12.8. The van der Waals surface area contributed by atoms with Crippen LogP contribution in [-0.4, -0.2) is 89.6 Å². The summed E-state index contributed by atoms with van der Waals surface area (Å²) in [5.74, 6) is -0.312. The number of carbonyl (C=O) groups is 1. The van der Waals surface area contributed by atoms with Crippen molar-refractivity contribution < 1.29 is 44.2 Å². The molecule has 54 heavy (non-hydrogen) atoms. The van der Waals surface area contributed by atoms with E-state index in [1.54, 1.807) is 0 Å². The lowest BCUT2D eigenvalue weighted by Gasteiger charge is -2.39. The summed E-state index contributed by atoms with van der Waals surface area (Å²) in [6.07, 6.45) is 33.9. The molecule has 0 saturated carbocycles. The molecule has 4 N–H and O–H groups in total. The van der Waals surface area contributed by atoms with E-state index in [0.717, 1.165) is 38.5 Å². The average molecular weight is 771 g/mol. The molecule has 0 aromatic carbocycles. The predicted molar refractivity (Wildman–Crippen MR) is 219 cm³/mol. The molecule has 6 atom stereocenters. The number of allylic oxidation sites excluding steroid dienone is 2. The standard InChI is InChI=1S/C45H86O9/c1-3-5-7-9-11-13-15-16-17-18-19-20-21-22-23-24-26-28-30-32-34-41(47)53-39(38-52-45-44(50)43(49)42(48)40(36-46)54-45)37-51-35-33-31-29-27-25-14-12-10-8-6-4-2/h8,10,39-40,42-46,48-50H,3-7,9,11-38H2,1-2H3/b10-8-. The lowest BCUT2D eigenvalue weighted by atomic mass is 9.99. The van der Waals surface area contributed by atoms with Gasteiger partial charge in [0.25, 0.3) is 0 Å². The Hall–Kier alpha value is -1.07. The lowest BCUT2D eigenvalue weighted by molar-refractivity contribution is -0.305. The second-order valence-electron chi connectivity index (χ2n) is 15.9.